The largest absolute Gasteiger partial charge is 0.367 e. The van der Waals surface area contributed by atoms with Gasteiger partial charge in [-0.15, -0.1) is 0 Å². The Morgan fingerprint density at radius 1 is 1.12 bits per heavy atom. The number of imidazole rings is 1. The molecular weight excluding hydrogens is 301 g/mol. The molecule has 4 heteroatoms. The van der Waals surface area contributed by atoms with Crippen LogP contribution in [0, 0.1) is 12.7 Å². The molecule has 1 fully saturated rings. The van der Waals surface area contributed by atoms with Crippen LogP contribution in [-0.4, -0.2) is 15.4 Å². The van der Waals surface area contributed by atoms with Crippen LogP contribution in [0.15, 0.2) is 42.6 Å². The minimum absolute atomic E-state index is 0.232. The fourth-order valence-electron chi connectivity index (χ4n) is 3.57. The van der Waals surface area contributed by atoms with E-state index in [0.29, 0.717) is 6.04 Å². The minimum atomic E-state index is -0.232. The van der Waals surface area contributed by atoms with Gasteiger partial charge in [-0.1, -0.05) is 37.5 Å². The van der Waals surface area contributed by atoms with Gasteiger partial charge in [0.2, 0.25) is 0 Å². The van der Waals surface area contributed by atoms with Crippen molar-refractivity contribution in [3.63, 3.8) is 0 Å². The van der Waals surface area contributed by atoms with E-state index in [2.05, 4.69) is 28.9 Å². The first-order valence-electron chi connectivity index (χ1n) is 8.72. The molecular formula is C20H22FN3. The maximum Gasteiger partial charge on any atom is 0.139 e. The van der Waals surface area contributed by atoms with E-state index in [1.807, 2.05) is 12.1 Å². The third kappa shape index (κ3) is 2.88. The average Bonchev–Trinajstić information content (AvgIpc) is 2.94. The Balaban J connectivity index is 1.83. The summed E-state index contributed by atoms with van der Waals surface area (Å²) >= 11 is 0. The van der Waals surface area contributed by atoms with Crippen LogP contribution in [-0.2, 0) is 0 Å². The summed E-state index contributed by atoms with van der Waals surface area (Å²) in [6.45, 7) is 2.08. The number of benzene rings is 1. The lowest BCUT2D eigenvalue weighted by Gasteiger charge is -2.24. The number of hydrogen-bond acceptors (Lipinski definition) is 2. The molecule has 124 valence electrons. The van der Waals surface area contributed by atoms with Gasteiger partial charge in [0.25, 0.3) is 0 Å². The van der Waals surface area contributed by atoms with Crippen LogP contribution >= 0.6 is 0 Å². The first kappa shape index (κ1) is 15.2. The Kier molecular flexibility index (Phi) is 3.97. The van der Waals surface area contributed by atoms with Crippen molar-refractivity contribution >= 4 is 11.5 Å². The van der Waals surface area contributed by atoms with E-state index >= 15 is 0 Å². The number of nitrogens with one attached hydrogen (secondary N) is 1. The second kappa shape index (κ2) is 6.27. The summed E-state index contributed by atoms with van der Waals surface area (Å²) in [7, 11) is 0. The number of pyridine rings is 1. The molecule has 0 radical (unpaired) electrons. The molecule has 1 N–H and O–H groups in total. The number of aromatic nitrogens is 2. The van der Waals surface area contributed by atoms with Gasteiger partial charge in [-0.25, -0.2) is 9.37 Å². The quantitative estimate of drug-likeness (QED) is 0.718. The van der Waals surface area contributed by atoms with Crippen molar-refractivity contribution in [2.45, 2.75) is 45.1 Å². The third-order valence-corrected chi connectivity index (χ3v) is 4.81. The molecule has 1 saturated carbocycles. The van der Waals surface area contributed by atoms with Crippen molar-refractivity contribution in [2.24, 2.45) is 0 Å². The second-order valence-electron chi connectivity index (χ2n) is 6.73. The highest BCUT2D eigenvalue weighted by Crippen LogP contribution is 2.32. The Morgan fingerprint density at radius 3 is 2.75 bits per heavy atom. The molecule has 2 heterocycles. The first-order chi connectivity index (χ1) is 11.7. The molecule has 1 aliphatic rings. The molecule has 0 spiro atoms. The van der Waals surface area contributed by atoms with Crippen molar-refractivity contribution in [3.8, 4) is 11.3 Å². The Labute approximate surface area is 141 Å². The normalized spacial score (nSPS) is 15.8. The number of hydrogen-bond donors (Lipinski definition) is 1. The van der Waals surface area contributed by atoms with Gasteiger partial charge < -0.3 is 5.32 Å². The summed E-state index contributed by atoms with van der Waals surface area (Å²) in [4.78, 5) is 4.76. The molecule has 3 nitrogen and oxygen atoms in total. The number of halogens is 1. The second-order valence-corrected chi connectivity index (χ2v) is 6.73. The zero-order valence-electron chi connectivity index (χ0n) is 13.9. The summed E-state index contributed by atoms with van der Waals surface area (Å²) in [5, 5.41) is 3.70. The molecule has 1 aliphatic carbocycles. The van der Waals surface area contributed by atoms with Crippen LogP contribution in [0.25, 0.3) is 16.9 Å². The average molecular weight is 323 g/mol. The van der Waals surface area contributed by atoms with Crippen LogP contribution in [0.2, 0.25) is 0 Å². The van der Waals surface area contributed by atoms with Crippen molar-refractivity contribution in [1.82, 2.24) is 9.38 Å². The number of anilines is 1. The summed E-state index contributed by atoms with van der Waals surface area (Å²) in [5.41, 5.74) is 3.70. The van der Waals surface area contributed by atoms with Crippen molar-refractivity contribution in [1.29, 1.82) is 0 Å². The summed E-state index contributed by atoms with van der Waals surface area (Å²) < 4.78 is 15.8. The SMILES string of the molecule is Cc1ccc2nc(-c3cccc(F)c3)c(NC3CCCCC3)n2c1. The molecule has 0 amide bonds. The number of fused-ring (bicyclic) bond motifs is 1. The van der Waals surface area contributed by atoms with Crippen molar-refractivity contribution in [2.75, 3.05) is 5.32 Å². The van der Waals surface area contributed by atoms with Crippen LogP contribution < -0.4 is 5.32 Å². The predicted molar refractivity (Wildman–Crippen MR) is 95.8 cm³/mol. The van der Waals surface area contributed by atoms with Crippen LogP contribution in [0.5, 0.6) is 0 Å². The zero-order valence-corrected chi connectivity index (χ0v) is 13.9. The van der Waals surface area contributed by atoms with Crippen LogP contribution in [0.1, 0.15) is 37.7 Å². The Hall–Kier alpha value is -2.36. The van der Waals surface area contributed by atoms with E-state index < -0.39 is 0 Å². The van der Waals surface area contributed by atoms with Gasteiger partial charge in [0, 0.05) is 17.8 Å². The van der Waals surface area contributed by atoms with E-state index in [9.17, 15) is 4.39 Å². The van der Waals surface area contributed by atoms with Crippen LogP contribution in [0.4, 0.5) is 10.2 Å². The molecule has 0 aliphatic heterocycles. The van der Waals surface area contributed by atoms with Crippen molar-refractivity contribution < 1.29 is 4.39 Å². The summed E-state index contributed by atoms with van der Waals surface area (Å²) in [6, 6.07) is 11.2. The Morgan fingerprint density at radius 2 is 1.96 bits per heavy atom. The minimum Gasteiger partial charge on any atom is -0.367 e. The molecule has 4 rings (SSSR count). The molecule has 0 saturated heterocycles. The zero-order chi connectivity index (χ0) is 16.5. The lowest BCUT2D eigenvalue weighted by atomic mass is 9.95. The standard InChI is InChI=1S/C20H22FN3/c1-14-10-11-18-23-19(15-6-5-7-16(21)12-15)20(24(18)13-14)22-17-8-3-2-4-9-17/h5-7,10-13,17,22H,2-4,8-9H2,1H3. The van der Waals surface area contributed by atoms with Gasteiger partial charge >= 0.3 is 0 Å². The molecule has 0 unspecified atom stereocenters. The molecule has 2 aromatic heterocycles. The highest BCUT2D eigenvalue weighted by atomic mass is 19.1. The van der Waals surface area contributed by atoms with E-state index in [4.69, 9.17) is 4.98 Å². The molecule has 1 aromatic carbocycles. The highest BCUT2D eigenvalue weighted by Gasteiger charge is 2.19. The predicted octanol–water partition coefficient (Wildman–Crippen LogP) is 5.19. The summed E-state index contributed by atoms with van der Waals surface area (Å²) in [5.74, 6) is 0.746. The number of nitrogens with zero attached hydrogens (tertiary/aromatic N) is 2. The fourth-order valence-corrected chi connectivity index (χ4v) is 3.57. The maximum atomic E-state index is 13.7. The maximum absolute atomic E-state index is 13.7. The van der Waals surface area contributed by atoms with E-state index in [0.717, 1.165) is 22.7 Å². The fraction of sp³-hybridized carbons (Fsp3) is 0.350. The van der Waals surface area contributed by atoms with Gasteiger partial charge in [0.1, 0.15) is 23.0 Å². The first-order valence-corrected chi connectivity index (χ1v) is 8.72. The summed E-state index contributed by atoms with van der Waals surface area (Å²) in [6.07, 6.45) is 8.31. The third-order valence-electron chi connectivity index (χ3n) is 4.81. The lowest BCUT2D eigenvalue weighted by Crippen LogP contribution is -2.23. The molecule has 0 atom stereocenters. The van der Waals surface area contributed by atoms with E-state index in [-0.39, 0.29) is 5.82 Å². The van der Waals surface area contributed by atoms with Gasteiger partial charge in [0.15, 0.2) is 0 Å². The molecule has 0 bridgehead atoms. The molecule has 24 heavy (non-hydrogen) atoms. The van der Waals surface area contributed by atoms with Gasteiger partial charge in [-0.05, 0) is 43.5 Å². The lowest BCUT2D eigenvalue weighted by molar-refractivity contribution is 0.461. The van der Waals surface area contributed by atoms with Gasteiger partial charge in [-0.2, -0.15) is 0 Å². The van der Waals surface area contributed by atoms with Crippen molar-refractivity contribution in [3.05, 3.63) is 54.0 Å². The monoisotopic (exact) mass is 323 g/mol. The van der Waals surface area contributed by atoms with E-state index in [1.54, 1.807) is 12.1 Å². The van der Waals surface area contributed by atoms with E-state index in [1.165, 1.54) is 43.7 Å². The van der Waals surface area contributed by atoms with Gasteiger partial charge in [0.05, 0.1) is 0 Å². The topological polar surface area (TPSA) is 29.3 Å². The smallest absolute Gasteiger partial charge is 0.139 e. The van der Waals surface area contributed by atoms with Crippen LogP contribution in [0.3, 0.4) is 0 Å². The highest BCUT2D eigenvalue weighted by molar-refractivity contribution is 5.76. The van der Waals surface area contributed by atoms with Gasteiger partial charge in [-0.3, -0.25) is 4.40 Å². The molecule has 3 aromatic rings. The number of aryl methyl sites for hydroxylation is 1. The Bertz CT molecular complexity index is 862. The number of rotatable bonds is 3.